The van der Waals surface area contributed by atoms with Crippen molar-refractivity contribution in [1.29, 1.82) is 0 Å². The highest BCUT2D eigenvalue weighted by Gasteiger charge is 2.46. The summed E-state index contributed by atoms with van der Waals surface area (Å²) in [5, 5.41) is 0. The molecule has 0 N–H and O–H groups in total. The molecule has 1 heterocycles. The maximum absolute atomic E-state index is 11.8. The summed E-state index contributed by atoms with van der Waals surface area (Å²) >= 11 is 0. The highest BCUT2D eigenvalue weighted by Crippen LogP contribution is 2.34. The molecule has 0 aliphatic carbocycles. The van der Waals surface area contributed by atoms with E-state index in [0.29, 0.717) is 6.42 Å². The lowest BCUT2D eigenvalue weighted by Gasteiger charge is -2.35. The van der Waals surface area contributed by atoms with E-state index < -0.39 is 0 Å². The Hall–Kier alpha value is -1.35. The van der Waals surface area contributed by atoms with Gasteiger partial charge in [0.1, 0.15) is 5.60 Å². The fourth-order valence-electron chi connectivity index (χ4n) is 2.82. The molecule has 0 bridgehead atoms. The molecule has 1 fully saturated rings. The van der Waals surface area contributed by atoms with Crippen LogP contribution >= 0.6 is 0 Å². The number of carbonyl (C=O) groups is 1. The van der Waals surface area contributed by atoms with Gasteiger partial charge in [0.25, 0.3) is 0 Å². The summed E-state index contributed by atoms with van der Waals surface area (Å²) in [5.41, 5.74) is 0.858. The number of rotatable bonds is 4. The Morgan fingerprint density at radius 3 is 2.63 bits per heavy atom. The first-order valence-electron chi connectivity index (χ1n) is 7.03. The molecule has 1 saturated heterocycles. The van der Waals surface area contributed by atoms with E-state index in [0.717, 1.165) is 19.4 Å². The van der Waals surface area contributed by atoms with Crippen LogP contribution in [0, 0.1) is 0 Å². The summed E-state index contributed by atoms with van der Waals surface area (Å²) in [6, 6.07) is 10.5. The molecule has 1 aliphatic heterocycles. The van der Waals surface area contributed by atoms with Gasteiger partial charge < -0.3 is 4.74 Å². The molecular formula is C16H23NO2. The molecule has 0 spiro atoms. The lowest BCUT2D eigenvalue weighted by atomic mass is 9.87. The molecular weight excluding hydrogens is 238 g/mol. The Kier molecular flexibility index (Phi) is 4.25. The van der Waals surface area contributed by atoms with E-state index >= 15 is 0 Å². The van der Waals surface area contributed by atoms with Crippen molar-refractivity contribution in [2.24, 2.45) is 0 Å². The van der Waals surface area contributed by atoms with Gasteiger partial charge in [0.2, 0.25) is 0 Å². The predicted molar refractivity (Wildman–Crippen MR) is 76.0 cm³/mol. The molecule has 2 atom stereocenters. The second kappa shape index (κ2) is 5.74. The van der Waals surface area contributed by atoms with Crippen molar-refractivity contribution in [1.82, 2.24) is 4.90 Å². The first-order chi connectivity index (χ1) is 9.07. The molecule has 3 nitrogen and oxygen atoms in total. The van der Waals surface area contributed by atoms with Crippen molar-refractivity contribution >= 4 is 5.97 Å². The summed E-state index contributed by atoms with van der Waals surface area (Å²) < 4.78 is 5.85. The van der Waals surface area contributed by atoms with Crippen LogP contribution in [0.3, 0.4) is 0 Å². The molecule has 2 unspecified atom stereocenters. The Morgan fingerprint density at radius 1 is 1.42 bits per heavy atom. The van der Waals surface area contributed by atoms with Crippen molar-refractivity contribution in [2.45, 2.75) is 44.8 Å². The molecule has 0 amide bonds. The standard InChI is InChI=1S/C16H23NO2/c1-4-15(18)19-16(10-11-17(3)13(16)2)12-14-8-6-5-7-9-14/h5-9,13H,4,10-12H2,1-3H3. The van der Waals surface area contributed by atoms with Gasteiger partial charge >= 0.3 is 5.97 Å². The number of esters is 1. The van der Waals surface area contributed by atoms with Crippen LogP contribution in [0.15, 0.2) is 30.3 Å². The third-order valence-corrected chi connectivity index (χ3v) is 4.26. The second-order valence-corrected chi connectivity index (χ2v) is 5.46. The van der Waals surface area contributed by atoms with E-state index in [1.165, 1.54) is 5.56 Å². The van der Waals surface area contributed by atoms with Gasteiger partial charge in [0.15, 0.2) is 0 Å². The quantitative estimate of drug-likeness (QED) is 0.780. The summed E-state index contributed by atoms with van der Waals surface area (Å²) in [4.78, 5) is 14.0. The molecule has 2 rings (SSSR count). The smallest absolute Gasteiger partial charge is 0.306 e. The fourth-order valence-corrected chi connectivity index (χ4v) is 2.82. The van der Waals surface area contributed by atoms with Crippen LogP contribution in [0.2, 0.25) is 0 Å². The minimum Gasteiger partial charge on any atom is -0.457 e. The zero-order chi connectivity index (χ0) is 13.9. The lowest BCUT2D eigenvalue weighted by molar-refractivity contribution is -0.161. The van der Waals surface area contributed by atoms with Crippen LogP contribution in [0.5, 0.6) is 0 Å². The average molecular weight is 261 g/mol. The minimum atomic E-state index is -0.372. The van der Waals surface area contributed by atoms with Gasteiger partial charge in [0.05, 0.1) is 0 Å². The normalized spacial score (nSPS) is 27.4. The molecule has 0 saturated carbocycles. The number of nitrogens with zero attached hydrogens (tertiary/aromatic N) is 1. The number of likely N-dealkylation sites (tertiary alicyclic amines) is 1. The van der Waals surface area contributed by atoms with Crippen LogP contribution in [0.4, 0.5) is 0 Å². The van der Waals surface area contributed by atoms with E-state index in [9.17, 15) is 4.79 Å². The number of hydrogen-bond acceptors (Lipinski definition) is 3. The molecule has 104 valence electrons. The third-order valence-electron chi connectivity index (χ3n) is 4.26. The van der Waals surface area contributed by atoms with Gasteiger partial charge in [-0.1, -0.05) is 37.3 Å². The van der Waals surface area contributed by atoms with E-state index in [4.69, 9.17) is 4.74 Å². The number of benzene rings is 1. The summed E-state index contributed by atoms with van der Waals surface area (Å²) in [6.45, 7) is 4.98. The van der Waals surface area contributed by atoms with E-state index in [2.05, 4.69) is 31.0 Å². The third kappa shape index (κ3) is 2.98. The van der Waals surface area contributed by atoms with Gasteiger partial charge in [0, 0.05) is 31.8 Å². The van der Waals surface area contributed by atoms with Crippen molar-refractivity contribution in [3.8, 4) is 0 Å². The number of likely N-dealkylation sites (N-methyl/N-ethyl adjacent to an activating group) is 1. The predicted octanol–water partition coefficient (Wildman–Crippen LogP) is 2.65. The van der Waals surface area contributed by atoms with E-state index in [1.54, 1.807) is 0 Å². The molecule has 0 aromatic heterocycles. The van der Waals surface area contributed by atoms with Gasteiger partial charge in [-0.05, 0) is 19.5 Å². The maximum atomic E-state index is 11.8. The first kappa shape index (κ1) is 14.1. The molecule has 0 radical (unpaired) electrons. The molecule has 1 aliphatic rings. The van der Waals surface area contributed by atoms with Crippen LogP contribution in [0.1, 0.15) is 32.3 Å². The second-order valence-electron chi connectivity index (χ2n) is 5.46. The Labute approximate surface area is 115 Å². The molecule has 1 aromatic rings. The monoisotopic (exact) mass is 261 g/mol. The highest BCUT2D eigenvalue weighted by atomic mass is 16.6. The summed E-state index contributed by atoms with van der Waals surface area (Å²) in [6.07, 6.45) is 2.14. The number of ether oxygens (including phenoxy) is 1. The average Bonchev–Trinajstić information content (AvgIpc) is 2.69. The van der Waals surface area contributed by atoms with Crippen LogP contribution in [-0.2, 0) is 16.0 Å². The SMILES string of the molecule is CCC(=O)OC1(Cc2ccccc2)CCN(C)C1C. The van der Waals surface area contributed by atoms with Gasteiger partial charge in [-0.3, -0.25) is 9.69 Å². The molecule has 3 heteroatoms. The van der Waals surface area contributed by atoms with E-state index in [-0.39, 0.29) is 17.6 Å². The zero-order valence-corrected chi connectivity index (χ0v) is 12.1. The topological polar surface area (TPSA) is 29.5 Å². The van der Waals surface area contributed by atoms with Gasteiger partial charge in [-0.2, -0.15) is 0 Å². The minimum absolute atomic E-state index is 0.0990. The maximum Gasteiger partial charge on any atom is 0.306 e. The van der Waals surface area contributed by atoms with Gasteiger partial charge in [-0.25, -0.2) is 0 Å². The molecule has 1 aromatic carbocycles. The highest BCUT2D eigenvalue weighted by molar-refractivity contribution is 5.69. The Balaban J connectivity index is 2.22. The van der Waals surface area contributed by atoms with Crippen molar-refractivity contribution in [3.63, 3.8) is 0 Å². The van der Waals surface area contributed by atoms with Crippen LogP contribution in [0.25, 0.3) is 0 Å². The fraction of sp³-hybridized carbons (Fsp3) is 0.562. The Morgan fingerprint density at radius 2 is 2.11 bits per heavy atom. The summed E-state index contributed by atoms with van der Waals surface area (Å²) in [7, 11) is 2.09. The Bertz CT molecular complexity index is 432. The number of hydrogen-bond donors (Lipinski definition) is 0. The number of carbonyl (C=O) groups excluding carboxylic acids is 1. The van der Waals surface area contributed by atoms with E-state index in [1.807, 2.05) is 25.1 Å². The van der Waals surface area contributed by atoms with Crippen molar-refractivity contribution < 1.29 is 9.53 Å². The van der Waals surface area contributed by atoms with Crippen LogP contribution in [-0.4, -0.2) is 36.1 Å². The largest absolute Gasteiger partial charge is 0.457 e. The van der Waals surface area contributed by atoms with Gasteiger partial charge in [-0.15, -0.1) is 0 Å². The van der Waals surface area contributed by atoms with Crippen LogP contribution < -0.4 is 0 Å². The lowest BCUT2D eigenvalue weighted by Crippen LogP contribution is -2.46. The molecule has 19 heavy (non-hydrogen) atoms. The first-order valence-corrected chi connectivity index (χ1v) is 7.03. The van der Waals surface area contributed by atoms with Crippen molar-refractivity contribution in [3.05, 3.63) is 35.9 Å². The summed E-state index contributed by atoms with van der Waals surface area (Å²) in [5.74, 6) is -0.0990. The zero-order valence-electron chi connectivity index (χ0n) is 12.1. The van der Waals surface area contributed by atoms with Crippen molar-refractivity contribution in [2.75, 3.05) is 13.6 Å².